The highest BCUT2D eigenvalue weighted by Crippen LogP contribution is 2.27. The van der Waals surface area contributed by atoms with Crippen LogP contribution in [0.15, 0.2) is 12.3 Å². The van der Waals surface area contributed by atoms with Crippen LogP contribution in [-0.4, -0.2) is 18.1 Å². The molecule has 0 aromatic carbocycles. The van der Waals surface area contributed by atoms with Crippen molar-refractivity contribution < 1.29 is 0 Å². The van der Waals surface area contributed by atoms with E-state index in [4.69, 9.17) is 5.73 Å². The molecule has 0 atom stereocenters. The molecule has 16 heavy (non-hydrogen) atoms. The van der Waals surface area contributed by atoms with Crippen molar-refractivity contribution in [1.29, 1.82) is 0 Å². The first-order valence-corrected chi connectivity index (χ1v) is 6.11. The molecular formula is C13H21N3. The fraction of sp³-hybridized carbons (Fsp3) is 0.615. The predicted molar refractivity (Wildman–Crippen MR) is 67.5 cm³/mol. The molecule has 1 aromatic rings. The van der Waals surface area contributed by atoms with E-state index >= 15 is 0 Å². The van der Waals surface area contributed by atoms with E-state index in [9.17, 15) is 0 Å². The largest absolute Gasteiger partial charge is 0.356 e. The van der Waals surface area contributed by atoms with Crippen molar-refractivity contribution in [2.45, 2.75) is 45.2 Å². The highest BCUT2D eigenvalue weighted by molar-refractivity contribution is 5.47. The number of pyridine rings is 1. The Labute approximate surface area is 97.7 Å². The van der Waals surface area contributed by atoms with Gasteiger partial charge in [0, 0.05) is 25.8 Å². The second-order valence-electron chi connectivity index (χ2n) is 4.74. The highest BCUT2D eigenvalue weighted by atomic mass is 15.2. The van der Waals surface area contributed by atoms with Crippen molar-refractivity contribution in [3.05, 3.63) is 23.4 Å². The monoisotopic (exact) mass is 219 g/mol. The fourth-order valence-electron chi connectivity index (χ4n) is 2.57. The average Bonchev–Trinajstić information content (AvgIpc) is 2.81. The number of anilines is 1. The minimum Gasteiger partial charge on any atom is -0.356 e. The second-order valence-corrected chi connectivity index (χ2v) is 4.74. The van der Waals surface area contributed by atoms with Crippen LogP contribution in [0.3, 0.4) is 0 Å². The lowest BCUT2D eigenvalue weighted by Crippen LogP contribution is -2.30. The third-order valence-corrected chi connectivity index (χ3v) is 3.55. The zero-order valence-corrected chi connectivity index (χ0v) is 10.2. The summed E-state index contributed by atoms with van der Waals surface area (Å²) in [6.45, 7) is 2.69. The maximum atomic E-state index is 5.61. The van der Waals surface area contributed by atoms with Crippen LogP contribution in [0.1, 0.15) is 36.8 Å². The van der Waals surface area contributed by atoms with Gasteiger partial charge in [-0.1, -0.05) is 12.8 Å². The molecule has 1 fully saturated rings. The van der Waals surface area contributed by atoms with Crippen LogP contribution in [0.2, 0.25) is 0 Å². The van der Waals surface area contributed by atoms with Crippen LogP contribution in [0.4, 0.5) is 5.82 Å². The molecular weight excluding hydrogens is 198 g/mol. The van der Waals surface area contributed by atoms with Gasteiger partial charge in [0.1, 0.15) is 5.82 Å². The zero-order valence-electron chi connectivity index (χ0n) is 10.2. The number of hydrogen-bond donors (Lipinski definition) is 1. The molecule has 1 heterocycles. The van der Waals surface area contributed by atoms with Crippen molar-refractivity contribution in [2.75, 3.05) is 11.9 Å². The molecule has 0 amide bonds. The summed E-state index contributed by atoms with van der Waals surface area (Å²) in [7, 11) is 2.16. The van der Waals surface area contributed by atoms with Gasteiger partial charge in [0.25, 0.3) is 0 Å². The van der Waals surface area contributed by atoms with Gasteiger partial charge >= 0.3 is 0 Å². The zero-order chi connectivity index (χ0) is 11.5. The molecule has 0 spiro atoms. The van der Waals surface area contributed by atoms with Crippen molar-refractivity contribution in [1.82, 2.24) is 4.98 Å². The van der Waals surface area contributed by atoms with Crippen molar-refractivity contribution in [2.24, 2.45) is 5.73 Å². The van der Waals surface area contributed by atoms with Crippen LogP contribution < -0.4 is 10.6 Å². The molecule has 1 aliphatic carbocycles. The van der Waals surface area contributed by atoms with E-state index in [1.807, 2.05) is 6.20 Å². The van der Waals surface area contributed by atoms with Crippen LogP contribution in [0, 0.1) is 6.92 Å². The molecule has 0 aliphatic heterocycles. The Bertz CT molecular complexity index is 356. The van der Waals surface area contributed by atoms with Crippen molar-refractivity contribution in [3.8, 4) is 0 Å². The quantitative estimate of drug-likeness (QED) is 0.847. The van der Waals surface area contributed by atoms with Crippen LogP contribution >= 0.6 is 0 Å². The molecule has 0 bridgehead atoms. The first-order valence-electron chi connectivity index (χ1n) is 6.11. The molecule has 3 nitrogen and oxygen atoms in total. The molecule has 0 saturated heterocycles. The molecule has 1 aliphatic rings. The minimum atomic E-state index is 0.571. The molecule has 0 radical (unpaired) electrons. The lowest BCUT2D eigenvalue weighted by molar-refractivity contribution is 0.644. The summed E-state index contributed by atoms with van der Waals surface area (Å²) in [5.74, 6) is 1.11. The SMILES string of the molecule is Cc1cc(CN)cnc1N(C)C1CCCC1. The lowest BCUT2D eigenvalue weighted by Gasteiger charge is -2.27. The Hall–Kier alpha value is -1.09. The molecule has 2 rings (SSSR count). The van der Waals surface area contributed by atoms with Gasteiger partial charge in [-0.3, -0.25) is 0 Å². The topological polar surface area (TPSA) is 42.1 Å². The number of rotatable bonds is 3. The summed E-state index contributed by atoms with van der Waals surface area (Å²) >= 11 is 0. The Morgan fingerprint density at radius 3 is 2.69 bits per heavy atom. The van der Waals surface area contributed by atoms with Crippen molar-refractivity contribution >= 4 is 5.82 Å². The van der Waals surface area contributed by atoms with Gasteiger partial charge in [0.2, 0.25) is 0 Å². The number of aromatic nitrogens is 1. The van der Waals surface area contributed by atoms with Gasteiger partial charge in [-0.25, -0.2) is 4.98 Å². The maximum absolute atomic E-state index is 5.61. The summed E-state index contributed by atoms with van der Waals surface area (Å²) in [4.78, 5) is 6.88. The number of hydrogen-bond acceptors (Lipinski definition) is 3. The molecule has 1 aromatic heterocycles. The van der Waals surface area contributed by atoms with E-state index in [2.05, 4.69) is 29.9 Å². The van der Waals surface area contributed by atoms with E-state index in [0.29, 0.717) is 12.6 Å². The average molecular weight is 219 g/mol. The van der Waals surface area contributed by atoms with Crippen molar-refractivity contribution in [3.63, 3.8) is 0 Å². The van der Waals surface area contributed by atoms with E-state index in [1.54, 1.807) is 0 Å². The Morgan fingerprint density at radius 1 is 1.44 bits per heavy atom. The molecule has 0 unspecified atom stereocenters. The van der Waals surface area contributed by atoms with E-state index in [1.165, 1.54) is 31.2 Å². The summed E-state index contributed by atoms with van der Waals surface area (Å²) in [5.41, 5.74) is 7.96. The lowest BCUT2D eigenvalue weighted by atomic mass is 10.1. The number of nitrogens with two attached hydrogens (primary N) is 1. The standard InChI is InChI=1S/C13H21N3/c1-10-7-11(8-14)9-15-13(10)16(2)12-5-3-4-6-12/h7,9,12H,3-6,8,14H2,1-2H3. The normalized spacial score (nSPS) is 16.7. The van der Waals surface area contributed by atoms with Crippen LogP contribution in [0.5, 0.6) is 0 Å². The Balaban J connectivity index is 2.19. The fourth-order valence-corrected chi connectivity index (χ4v) is 2.57. The number of aryl methyl sites for hydroxylation is 1. The maximum Gasteiger partial charge on any atom is 0.131 e. The number of nitrogens with zero attached hydrogens (tertiary/aromatic N) is 2. The van der Waals surface area contributed by atoms with Gasteiger partial charge in [-0.2, -0.15) is 0 Å². The second kappa shape index (κ2) is 4.83. The van der Waals surface area contributed by atoms with E-state index in [-0.39, 0.29) is 0 Å². The van der Waals surface area contributed by atoms with Crippen LogP contribution in [-0.2, 0) is 6.54 Å². The first kappa shape index (κ1) is 11.4. The highest BCUT2D eigenvalue weighted by Gasteiger charge is 2.21. The predicted octanol–water partition coefficient (Wildman–Crippen LogP) is 2.23. The smallest absolute Gasteiger partial charge is 0.131 e. The Morgan fingerprint density at radius 2 is 2.12 bits per heavy atom. The van der Waals surface area contributed by atoms with Crippen LogP contribution in [0.25, 0.3) is 0 Å². The summed E-state index contributed by atoms with van der Waals surface area (Å²) in [5, 5.41) is 0. The molecule has 3 heteroatoms. The summed E-state index contributed by atoms with van der Waals surface area (Å²) in [6, 6.07) is 2.82. The van der Waals surface area contributed by atoms with Gasteiger partial charge < -0.3 is 10.6 Å². The first-order chi connectivity index (χ1) is 7.72. The van der Waals surface area contributed by atoms with Gasteiger partial charge in [0.05, 0.1) is 0 Å². The summed E-state index contributed by atoms with van der Waals surface area (Å²) < 4.78 is 0. The van der Waals surface area contributed by atoms with Gasteiger partial charge in [-0.05, 0) is 37.0 Å². The molecule has 2 N–H and O–H groups in total. The van der Waals surface area contributed by atoms with E-state index < -0.39 is 0 Å². The minimum absolute atomic E-state index is 0.571. The summed E-state index contributed by atoms with van der Waals surface area (Å²) in [6.07, 6.45) is 7.21. The third-order valence-electron chi connectivity index (χ3n) is 3.55. The molecule has 1 saturated carbocycles. The third kappa shape index (κ3) is 2.19. The van der Waals surface area contributed by atoms with E-state index in [0.717, 1.165) is 11.4 Å². The Kier molecular flexibility index (Phi) is 3.44. The van der Waals surface area contributed by atoms with Gasteiger partial charge in [-0.15, -0.1) is 0 Å². The van der Waals surface area contributed by atoms with Gasteiger partial charge in [0.15, 0.2) is 0 Å². The molecule has 88 valence electrons.